The van der Waals surface area contributed by atoms with Crippen molar-refractivity contribution < 1.29 is 13.2 Å². The molecule has 130 valence electrons. The number of hydrogen-bond donors (Lipinski definition) is 0. The Morgan fingerprint density at radius 1 is 0.958 bits per heavy atom. The van der Waals surface area contributed by atoms with E-state index in [2.05, 4.69) is 20.8 Å². The lowest BCUT2D eigenvalue weighted by Gasteiger charge is -2.32. The molecule has 3 rings (SSSR count). The smallest absolute Gasteiger partial charge is 0.243 e. The van der Waals surface area contributed by atoms with Crippen LogP contribution in [0.15, 0.2) is 40.3 Å². The number of rotatable bonds is 2. The van der Waals surface area contributed by atoms with Crippen LogP contribution in [0.5, 0.6) is 0 Å². The van der Waals surface area contributed by atoms with E-state index in [1.54, 1.807) is 16.4 Å². The molecule has 0 amide bonds. The Balaban J connectivity index is 1.83. The lowest BCUT2D eigenvalue weighted by molar-refractivity contribution is -0.118. The van der Waals surface area contributed by atoms with E-state index >= 15 is 0 Å². The number of carbonyl (C=O) groups is 1. The minimum atomic E-state index is -3.47. The van der Waals surface area contributed by atoms with Crippen LogP contribution in [-0.2, 0) is 20.2 Å². The monoisotopic (exact) mass is 347 g/mol. The van der Waals surface area contributed by atoms with Gasteiger partial charge in [0.1, 0.15) is 5.78 Å². The van der Waals surface area contributed by atoms with E-state index in [9.17, 15) is 13.2 Å². The number of ketones is 1. The SMILES string of the molecule is CC(C)(C)c1ccc(S(=O)(=O)N2CCC3=C(CCC(=O)C3)C2)cc1. The number of sulfonamides is 1. The Kier molecular flexibility index (Phi) is 4.43. The molecule has 0 unspecified atom stereocenters. The highest BCUT2D eigenvalue weighted by atomic mass is 32.2. The zero-order valence-corrected chi connectivity index (χ0v) is 15.4. The number of benzene rings is 1. The minimum absolute atomic E-state index is 0.00175. The number of hydrogen-bond acceptors (Lipinski definition) is 3. The van der Waals surface area contributed by atoms with Crippen molar-refractivity contribution in [3.63, 3.8) is 0 Å². The molecule has 2 aliphatic rings. The van der Waals surface area contributed by atoms with Gasteiger partial charge in [-0.3, -0.25) is 4.79 Å². The molecule has 1 aromatic carbocycles. The quantitative estimate of drug-likeness (QED) is 0.770. The van der Waals surface area contributed by atoms with Crippen molar-refractivity contribution in [3.05, 3.63) is 41.0 Å². The van der Waals surface area contributed by atoms with Gasteiger partial charge in [-0.15, -0.1) is 0 Å². The van der Waals surface area contributed by atoms with Gasteiger partial charge in [-0.25, -0.2) is 8.42 Å². The third kappa shape index (κ3) is 3.33. The molecule has 4 nitrogen and oxygen atoms in total. The molecular weight excluding hydrogens is 322 g/mol. The lowest BCUT2D eigenvalue weighted by atomic mass is 9.87. The van der Waals surface area contributed by atoms with Crippen LogP contribution in [0.25, 0.3) is 0 Å². The Morgan fingerprint density at radius 3 is 2.25 bits per heavy atom. The molecule has 0 spiro atoms. The van der Waals surface area contributed by atoms with Crippen LogP contribution in [0.4, 0.5) is 0 Å². The fraction of sp³-hybridized carbons (Fsp3) is 0.526. The Morgan fingerprint density at radius 2 is 1.62 bits per heavy atom. The maximum Gasteiger partial charge on any atom is 0.243 e. The lowest BCUT2D eigenvalue weighted by Crippen LogP contribution is -2.38. The third-order valence-corrected chi connectivity index (χ3v) is 6.86. The van der Waals surface area contributed by atoms with Gasteiger partial charge in [0.2, 0.25) is 10.0 Å². The highest BCUT2D eigenvalue weighted by Gasteiger charge is 2.31. The molecule has 0 N–H and O–H groups in total. The van der Waals surface area contributed by atoms with Gasteiger partial charge in [-0.2, -0.15) is 4.31 Å². The second kappa shape index (κ2) is 6.12. The van der Waals surface area contributed by atoms with Crippen LogP contribution in [0, 0.1) is 0 Å². The summed E-state index contributed by atoms with van der Waals surface area (Å²) in [7, 11) is -3.47. The summed E-state index contributed by atoms with van der Waals surface area (Å²) in [5, 5.41) is 0. The predicted molar refractivity (Wildman–Crippen MR) is 94.4 cm³/mol. The van der Waals surface area contributed by atoms with Crippen LogP contribution in [-0.4, -0.2) is 31.6 Å². The van der Waals surface area contributed by atoms with Crippen LogP contribution >= 0.6 is 0 Å². The third-order valence-electron chi connectivity index (χ3n) is 5.00. The average Bonchev–Trinajstić information content (AvgIpc) is 2.53. The van der Waals surface area contributed by atoms with E-state index in [-0.39, 0.29) is 11.2 Å². The molecule has 5 heteroatoms. The summed E-state index contributed by atoms with van der Waals surface area (Å²) in [6.45, 7) is 7.24. The van der Waals surface area contributed by atoms with E-state index in [4.69, 9.17) is 0 Å². The van der Waals surface area contributed by atoms with Gasteiger partial charge in [0.15, 0.2) is 0 Å². The zero-order valence-electron chi connectivity index (χ0n) is 14.6. The van der Waals surface area contributed by atoms with E-state index < -0.39 is 10.0 Å². The van der Waals surface area contributed by atoms with Crippen LogP contribution < -0.4 is 0 Å². The van der Waals surface area contributed by atoms with Gasteiger partial charge >= 0.3 is 0 Å². The Hall–Kier alpha value is -1.46. The first-order chi connectivity index (χ1) is 11.2. The van der Waals surface area contributed by atoms with Crippen molar-refractivity contribution in [2.45, 2.75) is 56.8 Å². The summed E-state index contributed by atoms with van der Waals surface area (Å²) in [4.78, 5) is 11.9. The molecule has 0 atom stereocenters. The summed E-state index contributed by atoms with van der Waals surface area (Å²) >= 11 is 0. The fourth-order valence-electron chi connectivity index (χ4n) is 3.41. The second-order valence-corrected chi connectivity index (χ2v) is 9.72. The molecule has 0 aromatic heterocycles. The minimum Gasteiger partial charge on any atom is -0.299 e. The van der Waals surface area contributed by atoms with E-state index in [0.29, 0.717) is 43.7 Å². The van der Waals surface area contributed by atoms with Crippen molar-refractivity contribution in [1.82, 2.24) is 4.31 Å². The largest absolute Gasteiger partial charge is 0.299 e. The molecule has 1 aliphatic carbocycles. The molecule has 0 saturated heterocycles. The van der Waals surface area contributed by atoms with Crippen LogP contribution in [0.2, 0.25) is 0 Å². The second-order valence-electron chi connectivity index (χ2n) is 7.79. The zero-order chi connectivity index (χ0) is 17.5. The molecule has 24 heavy (non-hydrogen) atoms. The first-order valence-corrected chi connectivity index (χ1v) is 9.94. The number of carbonyl (C=O) groups excluding carboxylic acids is 1. The average molecular weight is 347 g/mol. The van der Waals surface area contributed by atoms with Gasteiger partial charge in [-0.05, 0) is 36.0 Å². The maximum atomic E-state index is 12.9. The topological polar surface area (TPSA) is 54.5 Å². The van der Waals surface area contributed by atoms with Crippen molar-refractivity contribution in [3.8, 4) is 0 Å². The summed E-state index contributed by atoms with van der Waals surface area (Å²) in [5.74, 6) is 0.280. The number of nitrogens with zero attached hydrogens (tertiary/aromatic N) is 1. The fourth-order valence-corrected chi connectivity index (χ4v) is 4.84. The highest BCUT2D eigenvalue weighted by Crippen LogP contribution is 2.32. The van der Waals surface area contributed by atoms with E-state index in [1.165, 1.54) is 5.57 Å². The van der Waals surface area contributed by atoms with Gasteiger partial charge in [0.25, 0.3) is 0 Å². The molecule has 1 heterocycles. The highest BCUT2D eigenvalue weighted by molar-refractivity contribution is 7.89. The predicted octanol–water partition coefficient (Wildman–Crippen LogP) is 3.43. The van der Waals surface area contributed by atoms with Crippen LogP contribution in [0.3, 0.4) is 0 Å². The van der Waals surface area contributed by atoms with Crippen molar-refractivity contribution in [2.75, 3.05) is 13.1 Å². The number of Topliss-reactive ketones (excluding diaryl/α,β-unsaturated/α-hetero) is 1. The Bertz CT molecular complexity index is 783. The normalized spacial score (nSPS) is 20.2. The van der Waals surface area contributed by atoms with Gasteiger partial charge in [-0.1, -0.05) is 44.1 Å². The van der Waals surface area contributed by atoms with Crippen molar-refractivity contribution in [1.29, 1.82) is 0 Å². The van der Waals surface area contributed by atoms with Crippen molar-refractivity contribution >= 4 is 15.8 Å². The summed E-state index contributed by atoms with van der Waals surface area (Å²) in [6.07, 6.45) is 2.46. The molecule has 0 bridgehead atoms. The van der Waals surface area contributed by atoms with E-state index in [0.717, 1.165) is 11.1 Å². The summed E-state index contributed by atoms with van der Waals surface area (Å²) in [5.41, 5.74) is 3.44. The Labute approximate surface area is 144 Å². The van der Waals surface area contributed by atoms with E-state index in [1.807, 2.05) is 12.1 Å². The molecule has 0 radical (unpaired) electrons. The van der Waals surface area contributed by atoms with Gasteiger partial charge < -0.3 is 0 Å². The summed E-state index contributed by atoms with van der Waals surface area (Å²) in [6, 6.07) is 7.23. The van der Waals surface area contributed by atoms with Gasteiger partial charge in [0.05, 0.1) is 4.90 Å². The maximum absolute atomic E-state index is 12.9. The summed E-state index contributed by atoms with van der Waals surface area (Å²) < 4.78 is 27.4. The molecule has 1 aliphatic heterocycles. The van der Waals surface area contributed by atoms with Crippen molar-refractivity contribution in [2.24, 2.45) is 0 Å². The first-order valence-electron chi connectivity index (χ1n) is 8.50. The standard InChI is InChI=1S/C19H25NO3S/c1-19(2,3)16-5-8-18(9-6-16)24(22,23)20-11-10-14-12-17(21)7-4-15(14)13-20/h5-6,8-9H,4,7,10-13H2,1-3H3. The molecular formula is C19H25NO3S. The van der Waals surface area contributed by atoms with Crippen LogP contribution in [0.1, 0.15) is 52.0 Å². The van der Waals surface area contributed by atoms with Gasteiger partial charge in [0, 0.05) is 25.9 Å². The molecule has 0 fully saturated rings. The first kappa shape index (κ1) is 17.4. The molecule has 0 saturated carbocycles. The molecule has 1 aromatic rings.